The van der Waals surface area contributed by atoms with Gasteiger partial charge >= 0.3 is 0 Å². The Labute approximate surface area is 105 Å². The van der Waals surface area contributed by atoms with Gasteiger partial charge in [0.25, 0.3) is 5.56 Å². The van der Waals surface area contributed by atoms with E-state index in [1.165, 1.54) is 0 Å². The lowest BCUT2D eigenvalue weighted by Crippen LogP contribution is -2.28. The first kappa shape index (κ1) is 11.3. The average molecular weight is 244 g/mol. The van der Waals surface area contributed by atoms with Gasteiger partial charge in [0.2, 0.25) is 0 Å². The van der Waals surface area contributed by atoms with Crippen molar-refractivity contribution in [3.8, 4) is 0 Å². The van der Waals surface area contributed by atoms with Gasteiger partial charge in [0.05, 0.1) is 12.6 Å². The maximum absolute atomic E-state index is 12.4. The number of benzene rings is 1. The molecule has 0 spiro atoms. The van der Waals surface area contributed by atoms with E-state index in [9.17, 15) is 4.79 Å². The molecule has 18 heavy (non-hydrogen) atoms. The molecule has 0 radical (unpaired) electrons. The number of ether oxygens (including phenoxy) is 1. The van der Waals surface area contributed by atoms with Crippen molar-refractivity contribution in [3.05, 3.63) is 40.7 Å². The summed E-state index contributed by atoms with van der Waals surface area (Å²) in [4.78, 5) is 12.4. The minimum Gasteiger partial charge on any atom is -0.385 e. The van der Waals surface area contributed by atoms with Crippen LogP contribution in [0.25, 0.3) is 10.8 Å². The molecule has 1 saturated heterocycles. The molecule has 94 valence electrons. The van der Waals surface area contributed by atoms with Crippen LogP contribution in [-0.4, -0.2) is 17.3 Å². The van der Waals surface area contributed by atoms with Crippen LogP contribution in [0.15, 0.2) is 35.1 Å². The van der Waals surface area contributed by atoms with E-state index in [1.54, 1.807) is 4.57 Å². The van der Waals surface area contributed by atoms with Crippen LogP contribution < -0.4 is 11.3 Å². The number of fused-ring (bicyclic) bond motifs is 1. The molecule has 1 atom stereocenters. The molecule has 1 aliphatic rings. The van der Waals surface area contributed by atoms with Crippen molar-refractivity contribution < 1.29 is 4.74 Å². The Balaban J connectivity index is 2.07. The number of pyridine rings is 1. The van der Waals surface area contributed by atoms with Crippen molar-refractivity contribution in [2.75, 3.05) is 12.3 Å². The molecule has 0 saturated carbocycles. The highest BCUT2D eigenvalue weighted by molar-refractivity contribution is 5.83. The normalized spacial score (nSPS) is 19.4. The Morgan fingerprint density at radius 2 is 2.22 bits per heavy atom. The zero-order chi connectivity index (χ0) is 12.5. The van der Waals surface area contributed by atoms with Crippen LogP contribution in [0.5, 0.6) is 0 Å². The van der Waals surface area contributed by atoms with Gasteiger partial charge in [-0.05, 0) is 30.4 Å². The van der Waals surface area contributed by atoms with E-state index in [-0.39, 0.29) is 11.7 Å². The molecule has 1 fully saturated rings. The molecule has 2 aromatic rings. The van der Waals surface area contributed by atoms with Gasteiger partial charge in [-0.2, -0.15) is 0 Å². The summed E-state index contributed by atoms with van der Waals surface area (Å²) in [7, 11) is 0. The standard InChI is InChI=1S/C14H16N2O2/c15-13-8-10-4-1-2-6-12(10)14(17)16(13)9-11-5-3-7-18-11/h1-2,4,6,8,11H,3,5,7,9,15H2. The van der Waals surface area contributed by atoms with Crippen molar-refractivity contribution in [2.45, 2.75) is 25.5 Å². The highest BCUT2D eigenvalue weighted by atomic mass is 16.5. The molecule has 0 amide bonds. The van der Waals surface area contributed by atoms with Gasteiger partial charge in [0.15, 0.2) is 0 Å². The lowest BCUT2D eigenvalue weighted by molar-refractivity contribution is 0.0968. The quantitative estimate of drug-likeness (QED) is 0.875. The predicted octanol–water partition coefficient (Wildman–Crippen LogP) is 1.76. The molecule has 0 bridgehead atoms. The number of aromatic nitrogens is 1. The van der Waals surface area contributed by atoms with Crippen LogP contribution in [0, 0.1) is 0 Å². The lowest BCUT2D eigenvalue weighted by Gasteiger charge is -2.15. The fourth-order valence-electron chi connectivity index (χ4n) is 2.50. The molecule has 2 N–H and O–H groups in total. The number of nitrogens with zero attached hydrogens (tertiary/aromatic N) is 1. The van der Waals surface area contributed by atoms with E-state index in [0.29, 0.717) is 17.7 Å². The van der Waals surface area contributed by atoms with Crippen LogP contribution in [0.2, 0.25) is 0 Å². The third-order valence-electron chi connectivity index (χ3n) is 3.46. The van der Waals surface area contributed by atoms with Crippen LogP contribution in [-0.2, 0) is 11.3 Å². The molecule has 0 aliphatic carbocycles. The third-order valence-corrected chi connectivity index (χ3v) is 3.46. The summed E-state index contributed by atoms with van der Waals surface area (Å²) in [6, 6.07) is 9.38. The van der Waals surface area contributed by atoms with E-state index in [1.807, 2.05) is 30.3 Å². The molecule has 1 aliphatic heterocycles. The Morgan fingerprint density at radius 3 is 3.00 bits per heavy atom. The first-order chi connectivity index (χ1) is 8.75. The second-order valence-electron chi connectivity index (χ2n) is 4.71. The monoisotopic (exact) mass is 244 g/mol. The van der Waals surface area contributed by atoms with E-state index in [4.69, 9.17) is 10.5 Å². The molecule has 1 aromatic carbocycles. The zero-order valence-electron chi connectivity index (χ0n) is 10.1. The first-order valence-electron chi connectivity index (χ1n) is 6.25. The highest BCUT2D eigenvalue weighted by Gasteiger charge is 2.18. The first-order valence-corrected chi connectivity index (χ1v) is 6.25. The van der Waals surface area contributed by atoms with Crippen LogP contribution in [0.3, 0.4) is 0 Å². The fraction of sp³-hybridized carbons (Fsp3) is 0.357. The van der Waals surface area contributed by atoms with Crippen LogP contribution in [0.4, 0.5) is 5.82 Å². The number of rotatable bonds is 2. The number of nitrogens with two attached hydrogens (primary N) is 1. The molecule has 2 heterocycles. The van der Waals surface area contributed by atoms with E-state index in [2.05, 4.69) is 0 Å². The van der Waals surface area contributed by atoms with Gasteiger partial charge in [-0.15, -0.1) is 0 Å². The summed E-state index contributed by atoms with van der Waals surface area (Å²) in [5.74, 6) is 0.509. The fourth-order valence-corrected chi connectivity index (χ4v) is 2.50. The molecule has 4 heteroatoms. The third kappa shape index (κ3) is 1.88. The number of nitrogen functional groups attached to an aromatic ring is 1. The Bertz CT molecular complexity index is 627. The van der Waals surface area contributed by atoms with Crippen molar-refractivity contribution >= 4 is 16.6 Å². The summed E-state index contributed by atoms with van der Waals surface area (Å²) >= 11 is 0. The Kier molecular flexibility index (Phi) is 2.80. The summed E-state index contributed by atoms with van der Waals surface area (Å²) < 4.78 is 7.19. The zero-order valence-corrected chi connectivity index (χ0v) is 10.1. The maximum Gasteiger partial charge on any atom is 0.260 e. The summed E-state index contributed by atoms with van der Waals surface area (Å²) in [5, 5.41) is 1.60. The lowest BCUT2D eigenvalue weighted by atomic mass is 10.1. The van der Waals surface area contributed by atoms with Crippen LogP contribution in [0.1, 0.15) is 12.8 Å². The second kappa shape index (κ2) is 4.46. The van der Waals surface area contributed by atoms with Crippen LogP contribution >= 0.6 is 0 Å². The number of hydrogen-bond acceptors (Lipinski definition) is 3. The number of anilines is 1. The smallest absolute Gasteiger partial charge is 0.260 e. The molecule has 1 aromatic heterocycles. The minimum absolute atomic E-state index is 0.0268. The van der Waals surface area contributed by atoms with Gasteiger partial charge in [-0.25, -0.2) is 0 Å². The van der Waals surface area contributed by atoms with Gasteiger partial charge in [0, 0.05) is 12.0 Å². The van der Waals surface area contributed by atoms with Crippen molar-refractivity contribution in [1.29, 1.82) is 0 Å². The van der Waals surface area contributed by atoms with Gasteiger partial charge in [0.1, 0.15) is 5.82 Å². The van der Waals surface area contributed by atoms with Gasteiger partial charge < -0.3 is 10.5 Å². The Morgan fingerprint density at radius 1 is 1.39 bits per heavy atom. The average Bonchev–Trinajstić information content (AvgIpc) is 2.87. The maximum atomic E-state index is 12.4. The second-order valence-corrected chi connectivity index (χ2v) is 4.71. The van der Waals surface area contributed by atoms with Crippen molar-refractivity contribution in [2.24, 2.45) is 0 Å². The van der Waals surface area contributed by atoms with Crippen molar-refractivity contribution in [3.63, 3.8) is 0 Å². The van der Waals surface area contributed by atoms with E-state index in [0.717, 1.165) is 24.8 Å². The van der Waals surface area contributed by atoms with E-state index < -0.39 is 0 Å². The molecule has 1 unspecified atom stereocenters. The summed E-state index contributed by atoms with van der Waals surface area (Å²) in [5.41, 5.74) is 5.95. The molecule has 3 rings (SSSR count). The minimum atomic E-state index is -0.0268. The summed E-state index contributed by atoms with van der Waals surface area (Å²) in [6.07, 6.45) is 2.18. The summed E-state index contributed by atoms with van der Waals surface area (Å²) in [6.45, 7) is 1.34. The topological polar surface area (TPSA) is 57.2 Å². The number of hydrogen-bond donors (Lipinski definition) is 1. The molecule has 4 nitrogen and oxygen atoms in total. The predicted molar refractivity (Wildman–Crippen MR) is 71.6 cm³/mol. The van der Waals surface area contributed by atoms with E-state index >= 15 is 0 Å². The van der Waals surface area contributed by atoms with Crippen molar-refractivity contribution in [1.82, 2.24) is 4.57 Å². The van der Waals surface area contributed by atoms with Gasteiger partial charge in [-0.3, -0.25) is 9.36 Å². The SMILES string of the molecule is Nc1cc2ccccc2c(=O)n1CC1CCCO1. The molecular weight excluding hydrogens is 228 g/mol. The largest absolute Gasteiger partial charge is 0.385 e. The highest BCUT2D eigenvalue weighted by Crippen LogP contribution is 2.17. The molecular formula is C14H16N2O2. The Hall–Kier alpha value is -1.81. The van der Waals surface area contributed by atoms with Gasteiger partial charge in [-0.1, -0.05) is 18.2 Å².